The van der Waals surface area contributed by atoms with E-state index >= 15 is 0 Å². The van der Waals surface area contributed by atoms with Gasteiger partial charge in [0, 0.05) is 5.92 Å². The first kappa shape index (κ1) is 20.4. The average molecular weight is 340 g/mol. The van der Waals surface area contributed by atoms with E-state index < -0.39 is 30.3 Å². The van der Waals surface area contributed by atoms with Gasteiger partial charge in [-0.1, -0.05) is 44.4 Å². The van der Waals surface area contributed by atoms with Gasteiger partial charge < -0.3 is 20.1 Å². The number of ether oxygens (including phenoxy) is 1. The Hall–Kier alpha value is -1.66. The Kier molecular flexibility index (Phi) is 9.34. The van der Waals surface area contributed by atoms with Gasteiger partial charge in [0.1, 0.15) is 6.10 Å². The van der Waals surface area contributed by atoms with Gasteiger partial charge in [0.05, 0.1) is 25.0 Å². The normalized spacial score (nSPS) is 26.0. The molecule has 24 heavy (non-hydrogen) atoms. The van der Waals surface area contributed by atoms with Crippen molar-refractivity contribution >= 4 is 11.9 Å². The number of carbonyl (C=O) groups is 2. The molecular formula is C18H28O6. The van der Waals surface area contributed by atoms with Gasteiger partial charge in [0.2, 0.25) is 0 Å². The molecule has 0 radical (unpaired) electrons. The molecule has 6 nitrogen and oxygen atoms in total. The maximum Gasteiger partial charge on any atom is 0.309 e. The fourth-order valence-electron chi connectivity index (χ4n) is 2.68. The highest BCUT2D eigenvalue weighted by molar-refractivity contribution is 5.71. The molecule has 0 aromatic rings. The summed E-state index contributed by atoms with van der Waals surface area (Å²) in [6.07, 6.45) is 8.35. The molecule has 1 aliphatic heterocycles. The first-order chi connectivity index (χ1) is 11.4. The van der Waals surface area contributed by atoms with E-state index in [1.807, 2.05) is 0 Å². The summed E-state index contributed by atoms with van der Waals surface area (Å²) < 4.78 is 5.28. The fourth-order valence-corrected chi connectivity index (χ4v) is 2.68. The van der Waals surface area contributed by atoms with Crippen molar-refractivity contribution < 1.29 is 29.6 Å². The summed E-state index contributed by atoms with van der Waals surface area (Å²) in [6.45, 7) is 2.09. The average Bonchev–Trinajstić information content (AvgIpc) is 2.51. The fraction of sp³-hybridized carbons (Fsp3) is 0.667. The molecule has 1 heterocycles. The topological polar surface area (TPSA) is 104 Å². The quantitative estimate of drug-likeness (QED) is 0.320. The lowest BCUT2D eigenvalue weighted by Crippen LogP contribution is -2.41. The molecule has 0 saturated carbocycles. The molecule has 0 aromatic carbocycles. The summed E-state index contributed by atoms with van der Waals surface area (Å²) >= 11 is 0. The van der Waals surface area contributed by atoms with Crippen LogP contribution >= 0.6 is 0 Å². The molecule has 0 aromatic heterocycles. The minimum absolute atomic E-state index is 0.0686. The summed E-state index contributed by atoms with van der Waals surface area (Å²) in [4.78, 5) is 22.0. The highest BCUT2D eigenvalue weighted by Gasteiger charge is 2.35. The third-order valence-electron chi connectivity index (χ3n) is 4.05. The smallest absolute Gasteiger partial charge is 0.309 e. The number of unbranched alkanes of at least 4 members (excludes halogenated alkanes) is 2. The second-order valence-corrected chi connectivity index (χ2v) is 6.14. The van der Waals surface area contributed by atoms with Crippen molar-refractivity contribution in [3.63, 3.8) is 0 Å². The van der Waals surface area contributed by atoms with Crippen molar-refractivity contribution in [3.8, 4) is 0 Å². The Labute approximate surface area is 142 Å². The van der Waals surface area contributed by atoms with E-state index in [9.17, 15) is 19.8 Å². The van der Waals surface area contributed by atoms with E-state index in [0.29, 0.717) is 12.8 Å². The Morgan fingerprint density at radius 2 is 2.12 bits per heavy atom. The van der Waals surface area contributed by atoms with Gasteiger partial charge in [0.25, 0.3) is 0 Å². The molecule has 1 rings (SSSR count). The molecule has 1 aliphatic rings. The van der Waals surface area contributed by atoms with Gasteiger partial charge in [-0.3, -0.25) is 9.59 Å². The zero-order chi connectivity index (χ0) is 17.9. The molecule has 4 atom stereocenters. The molecule has 136 valence electrons. The second-order valence-electron chi connectivity index (χ2n) is 6.14. The van der Waals surface area contributed by atoms with Gasteiger partial charge in [0.15, 0.2) is 0 Å². The first-order valence-electron chi connectivity index (χ1n) is 8.54. The van der Waals surface area contributed by atoms with Crippen LogP contribution in [0.5, 0.6) is 0 Å². The number of aliphatic hydroxyl groups is 2. The summed E-state index contributed by atoms with van der Waals surface area (Å²) in [5.41, 5.74) is 0. The highest BCUT2D eigenvalue weighted by atomic mass is 16.5. The molecule has 0 unspecified atom stereocenters. The predicted octanol–water partition coefficient (Wildman–Crippen LogP) is 2.20. The van der Waals surface area contributed by atoms with Gasteiger partial charge in [-0.2, -0.15) is 0 Å². The van der Waals surface area contributed by atoms with Crippen LogP contribution in [0.25, 0.3) is 0 Å². The van der Waals surface area contributed by atoms with Crippen LogP contribution in [-0.4, -0.2) is 45.6 Å². The molecule has 1 fully saturated rings. The number of aliphatic carboxylic acids is 1. The van der Waals surface area contributed by atoms with Crippen molar-refractivity contribution in [1.82, 2.24) is 0 Å². The van der Waals surface area contributed by atoms with Crippen molar-refractivity contribution in [3.05, 3.63) is 24.3 Å². The molecule has 0 aliphatic carbocycles. The van der Waals surface area contributed by atoms with Crippen molar-refractivity contribution in [2.75, 3.05) is 0 Å². The van der Waals surface area contributed by atoms with Crippen LogP contribution in [0.1, 0.15) is 51.9 Å². The van der Waals surface area contributed by atoms with E-state index in [0.717, 1.165) is 19.3 Å². The summed E-state index contributed by atoms with van der Waals surface area (Å²) in [5.74, 6) is -1.73. The van der Waals surface area contributed by atoms with Gasteiger partial charge >= 0.3 is 11.9 Å². The maximum absolute atomic E-state index is 11.5. The predicted molar refractivity (Wildman–Crippen MR) is 89.3 cm³/mol. The second kappa shape index (κ2) is 11.0. The minimum Gasteiger partial charge on any atom is -0.481 e. The van der Waals surface area contributed by atoms with Crippen LogP contribution in [0.4, 0.5) is 0 Å². The first-order valence-corrected chi connectivity index (χ1v) is 8.54. The molecule has 6 heteroatoms. The van der Waals surface area contributed by atoms with Crippen LogP contribution in [0.15, 0.2) is 24.3 Å². The number of rotatable bonds is 10. The van der Waals surface area contributed by atoms with Crippen LogP contribution < -0.4 is 0 Å². The van der Waals surface area contributed by atoms with E-state index in [4.69, 9.17) is 9.84 Å². The number of hydrogen-bond acceptors (Lipinski definition) is 5. The molecular weight excluding hydrogens is 312 g/mol. The number of carboxylic acid groups (broad SMARTS) is 1. The van der Waals surface area contributed by atoms with Crippen LogP contribution in [0.2, 0.25) is 0 Å². The number of carboxylic acids is 1. The monoisotopic (exact) mass is 340 g/mol. The third-order valence-corrected chi connectivity index (χ3v) is 4.05. The van der Waals surface area contributed by atoms with Crippen molar-refractivity contribution in [1.29, 1.82) is 0 Å². The van der Waals surface area contributed by atoms with Crippen molar-refractivity contribution in [2.45, 2.75) is 70.2 Å². The Morgan fingerprint density at radius 1 is 1.38 bits per heavy atom. The van der Waals surface area contributed by atoms with Gasteiger partial charge in [-0.15, -0.1) is 0 Å². The number of cyclic esters (lactones) is 1. The molecule has 0 amide bonds. The van der Waals surface area contributed by atoms with Crippen LogP contribution in [-0.2, 0) is 14.3 Å². The zero-order valence-corrected chi connectivity index (χ0v) is 14.1. The molecule has 3 N–H and O–H groups in total. The van der Waals surface area contributed by atoms with Crippen molar-refractivity contribution in [2.24, 2.45) is 5.92 Å². The minimum atomic E-state index is -0.923. The Balaban J connectivity index is 2.62. The van der Waals surface area contributed by atoms with E-state index in [-0.39, 0.29) is 18.8 Å². The lowest BCUT2D eigenvalue weighted by molar-refractivity contribution is -0.163. The maximum atomic E-state index is 11.5. The highest BCUT2D eigenvalue weighted by Crippen LogP contribution is 2.27. The number of aliphatic hydroxyl groups excluding tert-OH is 2. The van der Waals surface area contributed by atoms with Crippen LogP contribution in [0.3, 0.4) is 0 Å². The van der Waals surface area contributed by atoms with E-state index in [1.165, 1.54) is 6.08 Å². The summed E-state index contributed by atoms with van der Waals surface area (Å²) in [7, 11) is 0. The number of allylic oxidation sites excluding steroid dienone is 1. The lowest BCUT2D eigenvalue weighted by Gasteiger charge is -2.32. The van der Waals surface area contributed by atoms with Gasteiger partial charge in [-0.05, 0) is 18.9 Å². The molecule has 0 spiro atoms. The van der Waals surface area contributed by atoms with Crippen LogP contribution in [0, 0.1) is 5.92 Å². The SMILES string of the molecule is CCCCC[C@@H](O)/C=C/[C@H]1OC(=O)C[C@@H](O)[C@@H]1C/C=C\CC(=O)O. The van der Waals surface area contributed by atoms with E-state index in [1.54, 1.807) is 18.2 Å². The van der Waals surface area contributed by atoms with E-state index in [2.05, 4.69) is 6.92 Å². The number of carbonyl (C=O) groups excluding carboxylic acids is 1. The lowest BCUT2D eigenvalue weighted by atomic mass is 9.87. The molecule has 0 bridgehead atoms. The Bertz CT molecular complexity index is 456. The third kappa shape index (κ3) is 7.75. The van der Waals surface area contributed by atoms with Gasteiger partial charge in [-0.25, -0.2) is 0 Å². The number of hydrogen-bond donors (Lipinski definition) is 3. The number of esters is 1. The Morgan fingerprint density at radius 3 is 2.79 bits per heavy atom. The summed E-state index contributed by atoms with van der Waals surface area (Å²) in [6, 6.07) is 0. The zero-order valence-electron chi connectivity index (χ0n) is 14.1. The molecule has 1 saturated heterocycles. The standard InChI is InChI=1S/C18H28O6/c1-2-3-4-7-13(19)10-11-16-14(8-5-6-9-17(21)22)15(20)12-18(23)24-16/h5-6,10-11,13-16,19-20H,2-4,7-9,12H2,1H3,(H,21,22)/b6-5-,11-10+/t13-,14+,15-,16-/m1/s1. The summed E-state index contributed by atoms with van der Waals surface area (Å²) in [5, 5.41) is 28.7. The largest absolute Gasteiger partial charge is 0.481 e.